The summed E-state index contributed by atoms with van der Waals surface area (Å²) in [6.45, 7) is 2.53. The van der Waals surface area contributed by atoms with E-state index in [0.29, 0.717) is 26.2 Å². The third kappa shape index (κ3) is 3.98. The Kier molecular flexibility index (Phi) is 4.65. The monoisotopic (exact) mass is 405 g/mol. The fourth-order valence-corrected chi connectivity index (χ4v) is 4.77. The molecule has 3 aromatic rings. The van der Waals surface area contributed by atoms with E-state index in [9.17, 15) is 13.2 Å². The van der Waals surface area contributed by atoms with Gasteiger partial charge in [0.25, 0.3) is 5.91 Å². The lowest BCUT2D eigenvalue weighted by Gasteiger charge is -2.34. The Morgan fingerprint density at radius 2 is 1.89 bits per heavy atom. The number of thiazole rings is 1. The number of rotatable bonds is 4. The van der Waals surface area contributed by atoms with Crippen molar-refractivity contribution < 1.29 is 17.6 Å². The van der Waals surface area contributed by atoms with Crippen molar-refractivity contribution in [1.82, 2.24) is 9.88 Å². The van der Waals surface area contributed by atoms with Gasteiger partial charge in [0, 0.05) is 32.4 Å². The minimum absolute atomic E-state index is 0.182. The van der Waals surface area contributed by atoms with Crippen molar-refractivity contribution in [3.8, 4) is 0 Å². The van der Waals surface area contributed by atoms with Crippen LogP contribution in [0.5, 0.6) is 0 Å². The van der Waals surface area contributed by atoms with Gasteiger partial charge in [-0.3, -0.25) is 4.79 Å². The lowest BCUT2D eigenvalue weighted by molar-refractivity contribution is 0.0713. The molecule has 9 heteroatoms. The zero-order valence-electron chi connectivity index (χ0n) is 14.8. The molecule has 1 saturated heterocycles. The highest BCUT2D eigenvalue weighted by molar-refractivity contribution is 7.89. The Morgan fingerprint density at radius 3 is 2.59 bits per heavy atom. The van der Waals surface area contributed by atoms with E-state index in [2.05, 4.69) is 16.0 Å². The van der Waals surface area contributed by atoms with E-state index in [1.54, 1.807) is 28.4 Å². The van der Waals surface area contributed by atoms with Gasteiger partial charge in [0.2, 0.25) is 0 Å². The third-order valence-electron chi connectivity index (χ3n) is 4.40. The molecule has 3 heterocycles. The number of aromatic nitrogens is 1. The minimum Gasteiger partial charge on any atom is -0.455 e. The summed E-state index contributed by atoms with van der Waals surface area (Å²) < 4.78 is 29.3. The molecule has 0 saturated carbocycles. The molecule has 0 atom stereocenters. The first-order chi connectivity index (χ1) is 12.9. The van der Waals surface area contributed by atoms with Crippen LogP contribution >= 0.6 is 11.3 Å². The second-order valence-corrected chi connectivity index (χ2v) is 9.73. The molecule has 0 spiro atoms. The number of hydrogen-bond acceptors (Lipinski definition) is 7. The first-order valence-electron chi connectivity index (χ1n) is 8.55. The summed E-state index contributed by atoms with van der Waals surface area (Å²) in [6, 6.07) is 11.1. The molecule has 1 aliphatic rings. The lowest BCUT2D eigenvalue weighted by Crippen LogP contribution is -2.48. The highest BCUT2D eigenvalue weighted by atomic mass is 32.2. The predicted molar refractivity (Wildman–Crippen MR) is 105 cm³/mol. The SMILES string of the molecule is CS(=O)(=O)Cc1ccc(C(=O)N2CCN(c3nc4ccccc4s3)CC2)o1. The molecule has 1 aromatic carbocycles. The number of amides is 1. The number of carbonyl (C=O) groups is 1. The molecular weight excluding hydrogens is 386 g/mol. The predicted octanol–water partition coefficient (Wildman–Crippen LogP) is 2.40. The Morgan fingerprint density at radius 1 is 1.15 bits per heavy atom. The Labute approximate surface area is 161 Å². The molecule has 27 heavy (non-hydrogen) atoms. The number of nitrogens with zero attached hydrogens (tertiary/aromatic N) is 3. The maximum atomic E-state index is 12.6. The topological polar surface area (TPSA) is 83.7 Å². The smallest absolute Gasteiger partial charge is 0.289 e. The van der Waals surface area contributed by atoms with Crippen molar-refractivity contribution in [3.63, 3.8) is 0 Å². The number of carbonyl (C=O) groups excluding carboxylic acids is 1. The lowest BCUT2D eigenvalue weighted by atomic mass is 10.3. The molecule has 1 aliphatic heterocycles. The number of furan rings is 1. The standard InChI is InChI=1S/C18H19N3O4S2/c1-27(23,24)12-13-6-7-15(25-13)17(22)20-8-10-21(11-9-20)18-19-14-4-2-3-5-16(14)26-18/h2-7H,8-12H2,1H3. The fourth-order valence-electron chi connectivity index (χ4n) is 3.08. The van der Waals surface area contributed by atoms with E-state index >= 15 is 0 Å². The summed E-state index contributed by atoms with van der Waals surface area (Å²) in [5, 5.41) is 0.969. The molecule has 0 radical (unpaired) electrons. The molecule has 1 amide bonds. The van der Waals surface area contributed by atoms with Gasteiger partial charge in [-0.25, -0.2) is 13.4 Å². The molecule has 0 unspecified atom stereocenters. The first kappa shape index (κ1) is 18.0. The molecule has 1 fully saturated rings. The van der Waals surface area contributed by atoms with Crippen molar-refractivity contribution in [2.75, 3.05) is 37.3 Å². The second-order valence-electron chi connectivity index (χ2n) is 6.58. The van der Waals surface area contributed by atoms with Crippen molar-refractivity contribution >= 4 is 42.4 Å². The molecule has 0 bridgehead atoms. The Balaban J connectivity index is 1.40. The van der Waals surface area contributed by atoms with E-state index in [1.165, 1.54) is 0 Å². The summed E-state index contributed by atoms with van der Waals surface area (Å²) in [7, 11) is -3.19. The fraction of sp³-hybridized carbons (Fsp3) is 0.333. The number of sulfone groups is 1. The van der Waals surface area contributed by atoms with Crippen LogP contribution in [0.15, 0.2) is 40.8 Å². The summed E-state index contributed by atoms with van der Waals surface area (Å²) in [5.74, 6) is 0.0563. The van der Waals surface area contributed by atoms with Gasteiger partial charge in [-0.1, -0.05) is 23.5 Å². The minimum atomic E-state index is -3.19. The Hall–Kier alpha value is -2.39. The number of fused-ring (bicyclic) bond motifs is 1. The molecular formula is C18H19N3O4S2. The molecule has 4 rings (SSSR count). The van der Waals surface area contributed by atoms with Crippen LogP contribution in [-0.4, -0.2) is 56.6 Å². The maximum absolute atomic E-state index is 12.6. The van der Waals surface area contributed by atoms with Gasteiger partial charge in [-0.05, 0) is 24.3 Å². The van der Waals surface area contributed by atoms with Gasteiger partial charge in [0.15, 0.2) is 20.7 Å². The summed E-state index contributed by atoms with van der Waals surface area (Å²) in [5.41, 5.74) is 0.991. The number of benzene rings is 1. The van der Waals surface area contributed by atoms with Gasteiger partial charge >= 0.3 is 0 Å². The van der Waals surface area contributed by atoms with Crippen LogP contribution in [0.25, 0.3) is 10.2 Å². The van der Waals surface area contributed by atoms with E-state index < -0.39 is 9.84 Å². The Bertz CT molecular complexity index is 1050. The highest BCUT2D eigenvalue weighted by Gasteiger charge is 2.26. The summed E-state index contributed by atoms with van der Waals surface area (Å²) in [4.78, 5) is 21.2. The first-order valence-corrected chi connectivity index (χ1v) is 11.4. The average Bonchev–Trinajstić information content (AvgIpc) is 3.26. The zero-order chi connectivity index (χ0) is 19.0. The van der Waals surface area contributed by atoms with Crippen molar-refractivity contribution in [2.45, 2.75) is 5.75 Å². The van der Waals surface area contributed by atoms with Crippen molar-refractivity contribution in [1.29, 1.82) is 0 Å². The maximum Gasteiger partial charge on any atom is 0.289 e. The summed E-state index contributed by atoms with van der Waals surface area (Å²) in [6.07, 6.45) is 1.14. The van der Waals surface area contributed by atoms with Gasteiger partial charge < -0.3 is 14.2 Å². The van der Waals surface area contributed by atoms with Crippen LogP contribution in [-0.2, 0) is 15.6 Å². The molecule has 7 nitrogen and oxygen atoms in total. The van der Waals surface area contributed by atoms with Crippen LogP contribution < -0.4 is 4.90 Å². The third-order valence-corrected chi connectivity index (χ3v) is 6.30. The van der Waals surface area contributed by atoms with Gasteiger partial charge in [0.05, 0.1) is 10.2 Å². The van der Waals surface area contributed by atoms with Gasteiger partial charge in [-0.2, -0.15) is 0 Å². The van der Waals surface area contributed by atoms with Crippen molar-refractivity contribution in [3.05, 3.63) is 47.9 Å². The van der Waals surface area contributed by atoms with Crippen LogP contribution in [0, 0.1) is 0 Å². The average molecular weight is 406 g/mol. The molecule has 0 aliphatic carbocycles. The van der Waals surface area contributed by atoms with Crippen LogP contribution in [0.4, 0.5) is 5.13 Å². The van der Waals surface area contributed by atoms with Crippen LogP contribution in [0.2, 0.25) is 0 Å². The number of para-hydroxylation sites is 1. The van der Waals surface area contributed by atoms with E-state index in [4.69, 9.17) is 4.42 Å². The quantitative estimate of drug-likeness (QED) is 0.663. The number of piperazine rings is 1. The summed E-state index contributed by atoms with van der Waals surface area (Å²) >= 11 is 1.65. The van der Waals surface area contributed by atoms with Crippen molar-refractivity contribution in [2.24, 2.45) is 0 Å². The van der Waals surface area contributed by atoms with E-state index in [-0.39, 0.29) is 23.2 Å². The van der Waals surface area contributed by atoms with Crippen LogP contribution in [0.1, 0.15) is 16.3 Å². The molecule has 0 N–H and O–H groups in total. The van der Waals surface area contributed by atoms with Crippen LogP contribution in [0.3, 0.4) is 0 Å². The zero-order valence-corrected chi connectivity index (χ0v) is 16.4. The highest BCUT2D eigenvalue weighted by Crippen LogP contribution is 2.29. The second kappa shape index (κ2) is 6.97. The molecule has 2 aromatic heterocycles. The largest absolute Gasteiger partial charge is 0.455 e. The number of hydrogen-bond donors (Lipinski definition) is 0. The normalized spacial score (nSPS) is 15.4. The van der Waals surface area contributed by atoms with E-state index in [0.717, 1.165) is 21.6 Å². The van der Waals surface area contributed by atoms with Gasteiger partial charge in [0.1, 0.15) is 11.5 Å². The van der Waals surface area contributed by atoms with Gasteiger partial charge in [-0.15, -0.1) is 0 Å². The number of anilines is 1. The molecule has 142 valence electrons. The van der Waals surface area contributed by atoms with E-state index in [1.807, 2.05) is 18.2 Å².